The van der Waals surface area contributed by atoms with Gasteiger partial charge >= 0.3 is 0 Å². The number of thioether (sulfide) groups is 2. The summed E-state index contributed by atoms with van der Waals surface area (Å²) >= 11 is 8.93. The Morgan fingerprint density at radius 1 is 1.38 bits per heavy atom. The summed E-state index contributed by atoms with van der Waals surface area (Å²) in [5.41, 5.74) is 0. The van der Waals surface area contributed by atoms with E-state index in [1.165, 1.54) is 32.1 Å². The lowest BCUT2D eigenvalue weighted by Crippen LogP contribution is -2.09. The van der Waals surface area contributed by atoms with Crippen molar-refractivity contribution in [3.63, 3.8) is 0 Å². The number of thiocarbonyl (C=S) groups is 1. The van der Waals surface area contributed by atoms with Crippen molar-refractivity contribution in [2.24, 2.45) is 0 Å². The maximum absolute atomic E-state index is 5.28. The molecule has 0 spiro atoms. The molecule has 74 valence electrons. The Morgan fingerprint density at radius 3 is 2.69 bits per heavy atom. The molecule has 0 aromatic rings. The molecule has 0 amide bonds. The number of hydrogen-bond acceptors (Lipinski definition) is 3. The van der Waals surface area contributed by atoms with Crippen LogP contribution in [-0.2, 0) is 0 Å². The summed E-state index contributed by atoms with van der Waals surface area (Å²) in [5.74, 6) is 0.957. The van der Waals surface area contributed by atoms with E-state index >= 15 is 0 Å². The van der Waals surface area contributed by atoms with Crippen LogP contribution in [0.25, 0.3) is 0 Å². The number of hydrogen-bond donors (Lipinski definition) is 0. The standard InChI is InChI=1S/C10H16S3/c1-2-8-12-10(11)13-9-6-4-3-5-7-9/h2,9H,1,3-8H2. The Kier molecular flexibility index (Phi) is 6.16. The fourth-order valence-corrected chi connectivity index (χ4v) is 4.07. The zero-order valence-corrected chi connectivity index (χ0v) is 10.3. The van der Waals surface area contributed by atoms with Gasteiger partial charge in [-0.15, -0.1) is 30.1 Å². The summed E-state index contributed by atoms with van der Waals surface area (Å²) in [4.78, 5) is 0. The van der Waals surface area contributed by atoms with Crippen molar-refractivity contribution in [1.82, 2.24) is 0 Å². The monoisotopic (exact) mass is 232 g/mol. The Morgan fingerprint density at radius 2 is 2.08 bits per heavy atom. The van der Waals surface area contributed by atoms with Crippen LogP contribution in [0.4, 0.5) is 0 Å². The summed E-state index contributed by atoms with van der Waals surface area (Å²) in [5, 5.41) is 0.804. The van der Waals surface area contributed by atoms with E-state index in [0.29, 0.717) is 0 Å². The van der Waals surface area contributed by atoms with Gasteiger partial charge < -0.3 is 0 Å². The van der Waals surface area contributed by atoms with Gasteiger partial charge in [0.15, 0.2) is 0 Å². The highest BCUT2D eigenvalue weighted by molar-refractivity contribution is 8.47. The molecule has 0 aromatic heterocycles. The molecule has 0 heterocycles. The molecule has 0 bridgehead atoms. The first-order valence-electron chi connectivity index (χ1n) is 4.77. The average molecular weight is 232 g/mol. The van der Waals surface area contributed by atoms with Crippen LogP contribution in [0.1, 0.15) is 32.1 Å². The summed E-state index contributed by atoms with van der Waals surface area (Å²) in [6.45, 7) is 3.69. The Labute approximate surface area is 94.9 Å². The highest BCUT2D eigenvalue weighted by Gasteiger charge is 2.15. The molecule has 0 saturated heterocycles. The molecule has 1 rings (SSSR count). The summed E-state index contributed by atoms with van der Waals surface area (Å²) in [6, 6.07) is 0. The Balaban J connectivity index is 2.14. The smallest absolute Gasteiger partial charge is 0.104 e. The van der Waals surface area contributed by atoms with E-state index in [1.54, 1.807) is 11.8 Å². The molecule has 0 N–H and O–H groups in total. The fraction of sp³-hybridized carbons (Fsp3) is 0.700. The van der Waals surface area contributed by atoms with Crippen molar-refractivity contribution in [2.75, 3.05) is 5.75 Å². The molecule has 13 heavy (non-hydrogen) atoms. The van der Waals surface area contributed by atoms with Gasteiger partial charge in [-0.05, 0) is 12.8 Å². The lowest BCUT2D eigenvalue weighted by atomic mass is 10.0. The molecule has 1 fully saturated rings. The lowest BCUT2D eigenvalue weighted by Gasteiger charge is -2.20. The largest absolute Gasteiger partial charge is 0.104 e. The molecule has 0 aromatic carbocycles. The van der Waals surface area contributed by atoms with Gasteiger partial charge in [0.05, 0.1) is 0 Å². The molecule has 3 heteroatoms. The Hall–Kier alpha value is 0.530. The molecule has 1 aliphatic rings. The highest BCUT2D eigenvalue weighted by Crippen LogP contribution is 2.32. The predicted molar refractivity (Wildman–Crippen MR) is 69.7 cm³/mol. The Bertz CT molecular complexity index is 171. The molecule has 1 aliphatic carbocycles. The van der Waals surface area contributed by atoms with E-state index in [0.717, 1.165) is 14.5 Å². The lowest BCUT2D eigenvalue weighted by molar-refractivity contribution is 0.517. The number of rotatable bonds is 3. The van der Waals surface area contributed by atoms with Crippen LogP contribution in [0.3, 0.4) is 0 Å². The SMILES string of the molecule is C=CCSC(=S)SC1CCCCC1. The van der Waals surface area contributed by atoms with Crippen molar-refractivity contribution in [3.8, 4) is 0 Å². The third-order valence-electron chi connectivity index (χ3n) is 2.13. The molecule has 0 aliphatic heterocycles. The van der Waals surface area contributed by atoms with Crippen molar-refractivity contribution in [1.29, 1.82) is 0 Å². The van der Waals surface area contributed by atoms with Crippen LogP contribution in [0.2, 0.25) is 0 Å². The maximum Gasteiger partial charge on any atom is 0.104 e. The molecular weight excluding hydrogens is 216 g/mol. The highest BCUT2D eigenvalue weighted by atomic mass is 32.2. The fourth-order valence-electron chi connectivity index (χ4n) is 1.48. The van der Waals surface area contributed by atoms with Crippen molar-refractivity contribution >= 4 is 39.3 Å². The maximum atomic E-state index is 5.28. The van der Waals surface area contributed by atoms with Gasteiger partial charge in [0.25, 0.3) is 0 Å². The minimum Gasteiger partial charge on any atom is -0.104 e. The van der Waals surface area contributed by atoms with Crippen LogP contribution in [0.15, 0.2) is 12.7 Å². The summed E-state index contributed by atoms with van der Waals surface area (Å²) in [7, 11) is 0. The van der Waals surface area contributed by atoms with Gasteiger partial charge in [0.1, 0.15) is 3.53 Å². The van der Waals surface area contributed by atoms with E-state index < -0.39 is 0 Å². The van der Waals surface area contributed by atoms with E-state index in [-0.39, 0.29) is 0 Å². The zero-order chi connectivity index (χ0) is 9.52. The normalized spacial score (nSPS) is 18.5. The topological polar surface area (TPSA) is 0 Å². The molecule has 0 nitrogen and oxygen atoms in total. The van der Waals surface area contributed by atoms with Crippen LogP contribution in [-0.4, -0.2) is 14.5 Å². The first-order valence-corrected chi connectivity index (χ1v) is 7.04. The van der Waals surface area contributed by atoms with Crippen LogP contribution in [0.5, 0.6) is 0 Å². The quantitative estimate of drug-likeness (QED) is 0.527. The first-order chi connectivity index (χ1) is 6.33. The zero-order valence-electron chi connectivity index (χ0n) is 7.83. The average Bonchev–Trinajstić information content (AvgIpc) is 2.16. The molecule has 1 saturated carbocycles. The van der Waals surface area contributed by atoms with Crippen LogP contribution < -0.4 is 0 Å². The second-order valence-corrected chi connectivity index (χ2v) is 6.75. The molecule has 0 radical (unpaired) electrons. The van der Waals surface area contributed by atoms with E-state index in [2.05, 4.69) is 6.58 Å². The van der Waals surface area contributed by atoms with E-state index in [4.69, 9.17) is 12.2 Å². The van der Waals surface area contributed by atoms with Crippen LogP contribution in [0, 0.1) is 0 Å². The van der Waals surface area contributed by atoms with Crippen molar-refractivity contribution in [3.05, 3.63) is 12.7 Å². The third-order valence-corrected chi connectivity index (χ3v) is 5.05. The van der Waals surface area contributed by atoms with Gasteiger partial charge in [0, 0.05) is 11.0 Å². The molecular formula is C10H16S3. The second-order valence-electron chi connectivity index (χ2n) is 3.23. The molecule has 0 unspecified atom stereocenters. The summed E-state index contributed by atoms with van der Waals surface area (Å²) < 4.78 is 1.10. The van der Waals surface area contributed by atoms with Gasteiger partial charge in [-0.1, -0.05) is 37.6 Å². The first kappa shape index (κ1) is 11.6. The van der Waals surface area contributed by atoms with Gasteiger partial charge in [-0.3, -0.25) is 0 Å². The van der Waals surface area contributed by atoms with Crippen molar-refractivity contribution < 1.29 is 0 Å². The minimum absolute atomic E-state index is 0.804. The summed E-state index contributed by atoms with van der Waals surface area (Å²) in [6.07, 6.45) is 8.85. The van der Waals surface area contributed by atoms with E-state index in [1.807, 2.05) is 17.8 Å². The van der Waals surface area contributed by atoms with Crippen molar-refractivity contribution in [2.45, 2.75) is 37.4 Å². The molecule has 0 atom stereocenters. The van der Waals surface area contributed by atoms with Gasteiger partial charge in [-0.25, -0.2) is 0 Å². The van der Waals surface area contributed by atoms with Crippen LogP contribution >= 0.6 is 35.7 Å². The van der Waals surface area contributed by atoms with Gasteiger partial charge in [0.2, 0.25) is 0 Å². The second kappa shape index (κ2) is 6.91. The minimum atomic E-state index is 0.804. The van der Waals surface area contributed by atoms with E-state index in [9.17, 15) is 0 Å². The van der Waals surface area contributed by atoms with Gasteiger partial charge in [-0.2, -0.15) is 0 Å². The third kappa shape index (κ3) is 5.08. The predicted octanol–water partition coefficient (Wildman–Crippen LogP) is 4.26.